The molecule has 1 heterocycles. The van der Waals surface area contributed by atoms with Crippen LogP contribution in [0.5, 0.6) is 0 Å². The molecule has 0 bridgehead atoms. The smallest absolute Gasteiger partial charge is 0.167 e. The molecule has 2 rings (SSSR count). The average molecular weight is 273 g/mol. The van der Waals surface area contributed by atoms with Crippen molar-refractivity contribution in [2.75, 3.05) is 7.11 Å². The molecule has 0 spiro atoms. The van der Waals surface area contributed by atoms with E-state index in [0.717, 1.165) is 36.2 Å². The molecule has 0 radical (unpaired) electrons. The summed E-state index contributed by atoms with van der Waals surface area (Å²) >= 11 is 1.59. The lowest BCUT2D eigenvalue weighted by molar-refractivity contribution is 0.0905. The molecular formula is C16H19NOS. The lowest BCUT2D eigenvalue weighted by Crippen LogP contribution is -2.08. The second-order valence-corrected chi connectivity index (χ2v) is 5.65. The summed E-state index contributed by atoms with van der Waals surface area (Å²) in [5.74, 6) is 2.60. The second kappa shape index (κ2) is 6.70. The summed E-state index contributed by atoms with van der Waals surface area (Å²) in [4.78, 5) is 4.37. The van der Waals surface area contributed by atoms with Crippen molar-refractivity contribution in [2.24, 2.45) is 0 Å². The molecule has 0 saturated heterocycles. The molecule has 0 saturated carbocycles. The molecule has 1 atom stereocenters. The maximum Gasteiger partial charge on any atom is 0.167 e. The quantitative estimate of drug-likeness (QED) is 0.741. The molecule has 1 unspecified atom stereocenters. The first-order valence-corrected chi connectivity index (χ1v) is 7.47. The molecule has 2 nitrogen and oxygen atoms in total. The normalized spacial score (nSPS) is 12.5. The fourth-order valence-electron chi connectivity index (χ4n) is 2.21. The lowest BCUT2D eigenvalue weighted by Gasteiger charge is -2.12. The van der Waals surface area contributed by atoms with Crippen molar-refractivity contribution in [1.29, 1.82) is 0 Å². The summed E-state index contributed by atoms with van der Waals surface area (Å²) in [5, 5.41) is 0.762. The lowest BCUT2D eigenvalue weighted by atomic mass is 10.0. The monoisotopic (exact) mass is 273 g/mol. The van der Waals surface area contributed by atoms with E-state index in [2.05, 4.69) is 36.0 Å². The fraction of sp³-hybridized carbons (Fsp3) is 0.438. The van der Waals surface area contributed by atoms with Crippen molar-refractivity contribution in [1.82, 2.24) is 4.98 Å². The van der Waals surface area contributed by atoms with Crippen molar-refractivity contribution in [3.05, 3.63) is 28.8 Å². The first kappa shape index (κ1) is 14.0. The van der Waals surface area contributed by atoms with Gasteiger partial charge in [0.05, 0.1) is 16.3 Å². The topological polar surface area (TPSA) is 22.1 Å². The van der Waals surface area contributed by atoms with Crippen LogP contribution in [-0.2, 0) is 11.2 Å². The van der Waals surface area contributed by atoms with Gasteiger partial charge in [-0.25, -0.2) is 4.98 Å². The zero-order valence-corrected chi connectivity index (χ0v) is 12.3. The van der Waals surface area contributed by atoms with Gasteiger partial charge in [0.15, 0.2) is 5.01 Å². The van der Waals surface area contributed by atoms with Crippen molar-refractivity contribution >= 4 is 21.6 Å². The molecule has 19 heavy (non-hydrogen) atoms. The van der Waals surface area contributed by atoms with Gasteiger partial charge >= 0.3 is 0 Å². The van der Waals surface area contributed by atoms with Gasteiger partial charge in [-0.1, -0.05) is 13.0 Å². The number of terminal acetylenes is 1. The van der Waals surface area contributed by atoms with Crippen LogP contribution in [-0.4, -0.2) is 18.2 Å². The highest BCUT2D eigenvalue weighted by Gasteiger charge is 2.06. The Hall–Kier alpha value is -1.37. The third-order valence-electron chi connectivity index (χ3n) is 3.36. The van der Waals surface area contributed by atoms with Crippen LogP contribution >= 0.6 is 11.3 Å². The van der Waals surface area contributed by atoms with E-state index in [1.807, 2.05) is 0 Å². The molecule has 0 N–H and O–H groups in total. The predicted octanol–water partition coefficient (Wildman–Crippen LogP) is 4.03. The zero-order valence-electron chi connectivity index (χ0n) is 11.5. The molecule has 0 amide bonds. The number of aromatic nitrogens is 1. The van der Waals surface area contributed by atoms with Crippen molar-refractivity contribution in [3.63, 3.8) is 0 Å². The molecule has 0 aliphatic heterocycles. The first-order valence-electron chi connectivity index (χ1n) is 6.65. The third kappa shape index (κ3) is 3.56. The molecule has 3 heteroatoms. The number of rotatable bonds is 6. The summed E-state index contributed by atoms with van der Waals surface area (Å²) in [7, 11) is 1.79. The minimum absolute atomic E-state index is 0.389. The van der Waals surface area contributed by atoms with Crippen LogP contribution in [0, 0.1) is 12.3 Å². The standard InChI is InChI=1S/C16H19NOS/c1-4-13(18-3)8-6-7-12-9-10-14-15(11-12)19-16(5-2)17-14/h2,9-11,13H,4,6-8H2,1,3H3. The van der Waals surface area contributed by atoms with E-state index >= 15 is 0 Å². The molecule has 1 aromatic heterocycles. The molecule has 1 aromatic carbocycles. The van der Waals surface area contributed by atoms with Gasteiger partial charge < -0.3 is 4.74 Å². The Morgan fingerprint density at radius 3 is 3.00 bits per heavy atom. The van der Waals surface area contributed by atoms with Crippen LogP contribution in [0.25, 0.3) is 10.2 Å². The van der Waals surface area contributed by atoms with E-state index in [4.69, 9.17) is 11.2 Å². The maximum absolute atomic E-state index is 5.40. The van der Waals surface area contributed by atoms with Gasteiger partial charge in [0.25, 0.3) is 0 Å². The first-order chi connectivity index (χ1) is 9.26. The number of aryl methyl sites for hydroxylation is 1. The van der Waals surface area contributed by atoms with E-state index < -0.39 is 0 Å². The van der Waals surface area contributed by atoms with Crippen molar-refractivity contribution in [3.8, 4) is 12.3 Å². The minimum Gasteiger partial charge on any atom is -0.381 e. The Bertz CT molecular complexity index is 578. The van der Waals surface area contributed by atoms with Crippen LogP contribution in [0.2, 0.25) is 0 Å². The summed E-state index contributed by atoms with van der Waals surface area (Å²) in [6.45, 7) is 2.17. The Kier molecular flexibility index (Phi) is 4.95. The summed E-state index contributed by atoms with van der Waals surface area (Å²) < 4.78 is 6.58. The average Bonchev–Trinajstić information content (AvgIpc) is 2.86. The van der Waals surface area contributed by atoms with E-state index in [1.165, 1.54) is 10.3 Å². The Morgan fingerprint density at radius 1 is 1.47 bits per heavy atom. The Labute approximate surface area is 118 Å². The van der Waals surface area contributed by atoms with Gasteiger partial charge in [-0.05, 0) is 49.3 Å². The van der Waals surface area contributed by atoms with E-state index in [1.54, 1.807) is 18.4 Å². The highest BCUT2D eigenvalue weighted by molar-refractivity contribution is 7.19. The van der Waals surface area contributed by atoms with E-state index in [9.17, 15) is 0 Å². The number of ether oxygens (including phenoxy) is 1. The summed E-state index contributed by atoms with van der Waals surface area (Å²) in [6, 6.07) is 6.42. The van der Waals surface area contributed by atoms with Crippen LogP contribution < -0.4 is 0 Å². The number of hydrogen-bond donors (Lipinski definition) is 0. The van der Waals surface area contributed by atoms with Crippen molar-refractivity contribution in [2.45, 2.75) is 38.7 Å². The Balaban J connectivity index is 1.99. The van der Waals surface area contributed by atoms with Gasteiger partial charge in [0.2, 0.25) is 0 Å². The minimum atomic E-state index is 0.389. The van der Waals surface area contributed by atoms with Crippen LogP contribution in [0.4, 0.5) is 0 Å². The number of thiazole rings is 1. The molecule has 2 aromatic rings. The SMILES string of the molecule is C#Cc1nc2ccc(CCCC(CC)OC)cc2s1. The van der Waals surface area contributed by atoms with E-state index in [-0.39, 0.29) is 0 Å². The van der Waals surface area contributed by atoms with Gasteiger partial charge in [-0.2, -0.15) is 0 Å². The molecule has 0 fully saturated rings. The number of nitrogens with zero attached hydrogens (tertiary/aromatic N) is 1. The molecular weight excluding hydrogens is 254 g/mol. The number of methoxy groups -OCH3 is 1. The summed E-state index contributed by atoms with van der Waals surface area (Å²) in [6.07, 6.45) is 10.2. The third-order valence-corrected chi connectivity index (χ3v) is 4.31. The number of benzene rings is 1. The predicted molar refractivity (Wildman–Crippen MR) is 81.6 cm³/mol. The van der Waals surface area contributed by atoms with Gasteiger partial charge in [0, 0.05) is 7.11 Å². The van der Waals surface area contributed by atoms with E-state index in [0.29, 0.717) is 6.10 Å². The van der Waals surface area contributed by atoms with Gasteiger partial charge in [0.1, 0.15) is 0 Å². The summed E-state index contributed by atoms with van der Waals surface area (Å²) in [5.41, 5.74) is 2.36. The molecule has 0 aliphatic rings. The second-order valence-electron chi connectivity index (χ2n) is 4.62. The maximum atomic E-state index is 5.40. The largest absolute Gasteiger partial charge is 0.381 e. The van der Waals surface area contributed by atoms with Crippen molar-refractivity contribution < 1.29 is 4.74 Å². The Morgan fingerprint density at radius 2 is 2.32 bits per heavy atom. The van der Waals surface area contributed by atoms with Crippen LogP contribution in [0.3, 0.4) is 0 Å². The molecule has 0 aliphatic carbocycles. The van der Waals surface area contributed by atoms with Gasteiger partial charge in [-0.15, -0.1) is 17.8 Å². The number of fused-ring (bicyclic) bond motifs is 1. The molecule has 100 valence electrons. The number of hydrogen-bond acceptors (Lipinski definition) is 3. The van der Waals surface area contributed by atoms with Gasteiger partial charge in [-0.3, -0.25) is 0 Å². The van der Waals surface area contributed by atoms with Crippen LogP contribution in [0.1, 0.15) is 36.8 Å². The highest BCUT2D eigenvalue weighted by atomic mass is 32.1. The zero-order chi connectivity index (χ0) is 13.7. The highest BCUT2D eigenvalue weighted by Crippen LogP contribution is 2.23. The fourth-order valence-corrected chi connectivity index (χ4v) is 3.05. The van der Waals surface area contributed by atoms with Crippen LogP contribution in [0.15, 0.2) is 18.2 Å².